The van der Waals surface area contributed by atoms with Crippen LogP contribution in [0.15, 0.2) is 60.8 Å². The second kappa shape index (κ2) is 63.6. The molecule has 1 atom stereocenters. The Bertz CT molecular complexity index is 1340. The maximum atomic E-state index is 12.9. The highest BCUT2D eigenvalue weighted by atomic mass is 16.6. The Labute approximate surface area is 466 Å². The predicted molar refractivity (Wildman–Crippen MR) is 325 cm³/mol. The topological polar surface area (TPSA) is 78.9 Å². The van der Waals surface area contributed by atoms with Gasteiger partial charge >= 0.3 is 17.9 Å². The summed E-state index contributed by atoms with van der Waals surface area (Å²) in [7, 11) is 0. The van der Waals surface area contributed by atoms with Crippen LogP contribution in [0.1, 0.15) is 342 Å². The van der Waals surface area contributed by atoms with E-state index in [4.69, 9.17) is 14.2 Å². The lowest BCUT2D eigenvalue weighted by molar-refractivity contribution is -0.167. The van der Waals surface area contributed by atoms with Gasteiger partial charge in [-0.25, -0.2) is 0 Å². The summed E-state index contributed by atoms with van der Waals surface area (Å²) in [6.07, 6.45) is 80.9. The van der Waals surface area contributed by atoms with Gasteiger partial charge in [-0.05, 0) is 64.2 Å². The molecule has 0 aliphatic rings. The van der Waals surface area contributed by atoms with Gasteiger partial charge in [0.25, 0.3) is 0 Å². The summed E-state index contributed by atoms with van der Waals surface area (Å²) in [4.78, 5) is 38.3. The summed E-state index contributed by atoms with van der Waals surface area (Å²) in [5, 5.41) is 0. The Morgan fingerprint density at radius 2 is 0.520 bits per heavy atom. The molecule has 1 unspecified atom stereocenters. The van der Waals surface area contributed by atoms with Gasteiger partial charge in [-0.2, -0.15) is 0 Å². The Morgan fingerprint density at radius 1 is 0.280 bits per heavy atom. The zero-order chi connectivity index (χ0) is 54.3. The number of carbonyl (C=O) groups is 3. The molecule has 0 bridgehead atoms. The Balaban J connectivity index is 4.32. The van der Waals surface area contributed by atoms with Crippen molar-refractivity contribution in [3.63, 3.8) is 0 Å². The van der Waals surface area contributed by atoms with Crippen molar-refractivity contribution in [2.45, 2.75) is 348 Å². The summed E-state index contributed by atoms with van der Waals surface area (Å²) in [6.45, 7) is 6.56. The van der Waals surface area contributed by atoms with Gasteiger partial charge in [0.15, 0.2) is 6.10 Å². The molecule has 6 heteroatoms. The molecule has 0 fully saturated rings. The molecule has 0 amide bonds. The van der Waals surface area contributed by atoms with Gasteiger partial charge in [0.2, 0.25) is 0 Å². The molecule has 6 nitrogen and oxygen atoms in total. The lowest BCUT2D eigenvalue weighted by atomic mass is 10.0. The smallest absolute Gasteiger partial charge is 0.306 e. The number of hydrogen-bond donors (Lipinski definition) is 0. The van der Waals surface area contributed by atoms with Crippen molar-refractivity contribution >= 4 is 17.9 Å². The average Bonchev–Trinajstić information content (AvgIpc) is 3.41. The van der Waals surface area contributed by atoms with Crippen LogP contribution in [-0.4, -0.2) is 37.2 Å². The van der Waals surface area contributed by atoms with Crippen molar-refractivity contribution in [2.24, 2.45) is 0 Å². The van der Waals surface area contributed by atoms with Gasteiger partial charge in [-0.15, -0.1) is 0 Å². The molecule has 0 rings (SSSR count). The first-order chi connectivity index (χ1) is 37.0. The molecule has 0 aromatic carbocycles. The fourth-order valence-electron chi connectivity index (χ4n) is 9.65. The molecular formula is C69H124O6. The Hall–Kier alpha value is -2.89. The SMILES string of the molecule is CC/C=C\C/C=C\C/C=C\C/C=C\C/C=C\CCCCCC(=O)OC(COC(=O)CCCCCCCCCCCCCCCC)COC(=O)CCCCCCCCCCCCCCCCCCCCCCCCCC. The van der Waals surface area contributed by atoms with E-state index in [9.17, 15) is 14.4 Å². The highest BCUT2D eigenvalue weighted by Gasteiger charge is 2.19. The van der Waals surface area contributed by atoms with Crippen LogP contribution in [-0.2, 0) is 28.6 Å². The van der Waals surface area contributed by atoms with Crippen molar-refractivity contribution in [2.75, 3.05) is 13.2 Å². The molecule has 0 aliphatic carbocycles. The standard InChI is InChI=1S/C69H124O6/c1-4-7-10-13-16-19-22-25-28-30-32-33-34-35-36-38-39-41-44-47-50-53-56-59-62-68(71)74-65-66(64-73-67(70)61-58-55-52-49-46-43-27-24-21-18-15-12-9-6-3)75-69(72)63-60-57-54-51-48-45-42-40-37-31-29-26-23-20-17-14-11-8-5-2/h8,11,17,20,26,29,37,40,45,48,66H,4-7,9-10,12-16,18-19,21-25,27-28,30-36,38-39,41-44,46-47,49-65H2,1-3H3/b11-8-,20-17-,29-26-,40-37-,48-45-. The highest BCUT2D eigenvalue weighted by molar-refractivity contribution is 5.71. The van der Waals surface area contributed by atoms with E-state index in [1.807, 2.05) is 0 Å². The lowest BCUT2D eigenvalue weighted by Gasteiger charge is -2.18. The second-order valence-electron chi connectivity index (χ2n) is 22.0. The van der Waals surface area contributed by atoms with Crippen molar-refractivity contribution in [3.05, 3.63) is 60.8 Å². The minimum atomic E-state index is -0.790. The molecule has 75 heavy (non-hydrogen) atoms. The molecule has 0 aromatic rings. The molecule has 0 spiro atoms. The minimum Gasteiger partial charge on any atom is -0.462 e. The third kappa shape index (κ3) is 61.8. The van der Waals surface area contributed by atoms with Crippen LogP contribution in [0.2, 0.25) is 0 Å². The molecule has 0 aromatic heterocycles. The molecule has 0 heterocycles. The van der Waals surface area contributed by atoms with Crippen molar-refractivity contribution < 1.29 is 28.6 Å². The number of carbonyl (C=O) groups excluding carboxylic acids is 3. The summed E-state index contributed by atoms with van der Waals surface area (Å²) < 4.78 is 16.9. The quantitative estimate of drug-likeness (QED) is 0.0261. The van der Waals surface area contributed by atoms with E-state index in [1.165, 1.54) is 205 Å². The number of allylic oxidation sites excluding steroid dienone is 10. The molecule has 0 saturated heterocycles. The highest BCUT2D eigenvalue weighted by Crippen LogP contribution is 2.18. The molecule has 436 valence electrons. The van der Waals surface area contributed by atoms with E-state index in [2.05, 4.69) is 81.5 Å². The summed E-state index contributed by atoms with van der Waals surface area (Å²) in [6, 6.07) is 0. The van der Waals surface area contributed by atoms with Crippen LogP contribution in [0.25, 0.3) is 0 Å². The van der Waals surface area contributed by atoms with Crippen LogP contribution in [0, 0.1) is 0 Å². The van der Waals surface area contributed by atoms with Gasteiger partial charge in [0, 0.05) is 19.3 Å². The predicted octanol–water partition coefficient (Wildman–Crippen LogP) is 22.3. The Morgan fingerprint density at radius 3 is 0.813 bits per heavy atom. The Kier molecular flexibility index (Phi) is 61.2. The van der Waals surface area contributed by atoms with Crippen LogP contribution < -0.4 is 0 Å². The number of esters is 3. The monoisotopic (exact) mass is 1050 g/mol. The zero-order valence-corrected chi connectivity index (χ0v) is 50.1. The maximum absolute atomic E-state index is 12.9. The fourth-order valence-corrected chi connectivity index (χ4v) is 9.65. The molecule has 0 aliphatic heterocycles. The van der Waals surface area contributed by atoms with Gasteiger partial charge in [-0.1, -0.05) is 319 Å². The van der Waals surface area contributed by atoms with Crippen LogP contribution in [0.5, 0.6) is 0 Å². The third-order valence-corrected chi connectivity index (χ3v) is 14.5. The number of hydrogen-bond acceptors (Lipinski definition) is 6. The largest absolute Gasteiger partial charge is 0.462 e. The number of unbranched alkanes of at least 4 members (excludes halogenated alkanes) is 39. The van der Waals surface area contributed by atoms with E-state index in [0.29, 0.717) is 19.3 Å². The third-order valence-electron chi connectivity index (χ3n) is 14.5. The first kappa shape index (κ1) is 72.1. The van der Waals surface area contributed by atoms with E-state index < -0.39 is 6.10 Å². The van der Waals surface area contributed by atoms with E-state index in [0.717, 1.165) is 96.3 Å². The summed E-state index contributed by atoms with van der Waals surface area (Å²) >= 11 is 0. The van der Waals surface area contributed by atoms with E-state index >= 15 is 0 Å². The van der Waals surface area contributed by atoms with Gasteiger partial charge < -0.3 is 14.2 Å². The molecule has 0 radical (unpaired) electrons. The van der Waals surface area contributed by atoms with Crippen LogP contribution >= 0.6 is 0 Å². The van der Waals surface area contributed by atoms with Crippen molar-refractivity contribution in [3.8, 4) is 0 Å². The fraction of sp³-hybridized carbons (Fsp3) is 0.812. The zero-order valence-electron chi connectivity index (χ0n) is 50.1. The summed E-state index contributed by atoms with van der Waals surface area (Å²) in [5.74, 6) is -0.894. The van der Waals surface area contributed by atoms with Crippen molar-refractivity contribution in [1.82, 2.24) is 0 Å². The van der Waals surface area contributed by atoms with E-state index in [1.54, 1.807) is 0 Å². The molecule has 0 saturated carbocycles. The normalized spacial score (nSPS) is 12.4. The van der Waals surface area contributed by atoms with Gasteiger partial charge in [0.1, 0.15) is 13.2 Å². The maximum Gasteiger partial charge on any atom is 0.306 e. The first-order valence-corrected chi connectivity index (χ1v) is 32.8. The second-order valence-corrected chi connectivity index (χ2v) is 22.0. The lowest BCUT2D eigenvalue weighted by Crippen LogP contribution is -2.30. The van der Waals surface area contributed by atoms with Crippen molar-refractivity contribution in [1.29, 1.82) is 0 Å². The van der Waals surface area contributed by atoms with E-state index in [-0.39, 0.29) is 31.1 Å². The van der Waals surface area contributed by atoms with Gasteiger partial charge in [0.05, 0.1) is 0 Å². The number of ether oxygens (including phenoxy) is 3. The average molecular weight is 1050 g/mol. The molecule has 0 N–H and O–H groups in total. The molecular weight excluding hydrogens is 925 g/mol. The first-order valence-electron chi connectivity index (χ1n) is 32.8. The number of rotatable bonds is 60. The minimum absolute atomic E-state index is 0.0832. The van der Waals surface area contributed by atoms with Crippen LogP contribution in [0.3, 0.4) is 0 Å². The van der Waals surface area contributed by atoms with Crippen LogP contribution in [0.4, 0.5) is 0 Å². The van der Waals surface area contributed by atoms with Gasteiger partial charge in [-0.3, -0.25) is 14.4 Å². The summed E-state index contributed by atoms with van der Waals surface area (Å²) in [5.41, 5.74) is 0.